The van der Waals surface area contributed by atoms with E-state index in [1.54, 1.807) is 0 Å². The van der Waals surface area contributed by atoms with Gasteiger partial charge in [0.05, 0.1) is 5.69 Å². The Kier molecular flexibility index (Phi) is 5.42. The van der Waals surface area contributed by atoms with E-state index < -0.39 is 5.25 Å². The summed E-state index contributed by atoms with van der Waals surface area (Å²) >= 11 is 1.30. The molecule has 0 radical (unpaired) electrons. The highest BCUT2D eigenvalue weighted by atomic mass is 32.2. The summed E-state index contributed by atoms with van der Waals surface area (Å²) < 4.78 is 0. The van der Waals surface area contributed by atoms with Gasteiger partial charge in [0.25, 0.3) is 0 Å². The molecular weight excluding hydrogens is 346 g/mol. The molecule has 1 heterocycles. The summed E-state index contributed by atoms with van der Waals surface area (Å²) in [6, 6.07) is 13.6. The zero-order valence-electron chi connectivity index (χ0n) is 15.0. The summed E-state index contributed by atoms with van der Waals surface area (Å²) in [5, 5.41) is 5.67. The smallest absolute Gasteiger partial charge is 0.240 e. The monoisotopic (exact) mass is 367 g/mol. The third kappa shape index (κ3) is 4.52. The topological polar surface area (TPSA) is 70.6 Å². The number of rotatable bonds is 4. The van der Waals surface area contributed by atoms with Crippen molar-refractivity contribution in [3.05, 3.63) is 59.2 Å². The molecule has 2 aromatic rings. The van der Waals surface area contributed by atoms with E-state index in [9.17, 15) is 9.59 Å². The van der Waals surface area contributed by atoms with E-state index in [1.165, 1.54) is 11.8 Å². The minimum atomic E-state index is -0.468. The van der Waals surface area contributed by atoms with E-state index >= 15 is 0 Å². The number of hydrogen-bond acceptors (Lipinski definition) is 4. The van der Waals surface area contributed by atoms with Gasteiger partial charge in [-0.1, -0.05) is 41.6 Å². The van der Waals surface area contributed by atoms with E-state index in [2.05, 4.69) is 15.6 Å². The first-order valence-corrected chi connectivity index (χ1v) is 9.28. The fraction of sp³-hybridized carbons (Fsp3) is 0.250. The number of carbonyl (C=O) groups excluding carboxylic acids is 2. The van der Waals surface area contributed by atoms with Gasteiger partial charge in [-0.3, -0.25) is 9.59 Å². The average molecular weight is 367 g/mol. The fourth-order valence-corrected chi connectivity index (χ4v) is 3.54. The van der Waals surface area contributed by atoms with Gasteiger partial charge in [0.2, 0.25) is 11.8 Å². The van der Waals surface area contributed by atoms with E-state index in [-0.39, 0.29) is 18.2 Å². The highest BCUT2D eigenvalue weighted by Crippen LogP contribution is 2.27. The second-order valence-corrected chi connectivity index (χ2v) is 7.61. The quantitative estimate of drug-likeness (QED) is 0.862. The van der Waals surface area contributed by atoms with Crippen molar-refractivity contribution in [2.45, 2.75) is 32.4 Å². The predicted molar refractivity (Wildman–Crippen MR) is 107 cm³/mol. The lowest BCUT2D eigenvalue weighted by atomic mass is 10.1. The lowest BCUT2D eigenvalue weighted by Crippen LogP contribution is -2.28. The Morgan fingerprint density at radius 3 is 2.54 bits per heavy atom. The van der Waals surface area contributed by atoms with Crippen LogP contribution >= 0.6 is 11.8 Å². The zero-order chi connectivity index (χ0) is 18.7. The van der Waals surface area contributed by atoms with Crippen molar-refractivity contribution in [1.82, 2.24) is 5.32 Å². The van der Waals surface area contributed by atoms with Crippen LogP contribution < -0.4 is 10.6 Å². The second kappa shape index (κ2) is 7.74. The number of nitrogens with one attached hydrogen (secondary N) is 2. The molecule has 0 spiro atoms. The van der Waals surface area contributed by atoms with Crippen LogP contribution in [0, 0.1) is 20.8 Å². The van der Waals surface area contributed by atoms with Crippen molar-refractivity contribution in [2.24, 2.45) is 4.99 Å². The SMILES string of the molecule is Cc1ccc(NC(=O)C[C@@H]2SC(=Nc3cc(C)ccc3C)NC2=O)cc1. The molecule has 1 atom stereocenters. The molecular formula is C20H21N3O2S. The van der Waals surface area contributed by atoms with Crippen molar-refractivity contribution in [2.75, 3.05) is 5.32 Å². The van der Waals surface area contributed by atoms with E-state index in [0.29, 0.717) is 5.17 Å². The summed E-state index contributed by atoms with van der Waals surface area (Å²) in [4.78, 5) is 28.9. The summed E-state index contributed by atoms with van der Waals surface area (Å²) in [6.45, 7) is 5.97. The first-order chi connectivity index (χ1) is 12.4. The largest absolute Gasteiger partial charge is 0.326 e. The molecule has 5 nitrogen and oxygen atoms in total. The third-order valence-corrected chi connectivity index (χ3v) is 5.15. The molecule has 2 amide bonds. The molecule has 1 aliphatic rings. The van der Waals surface area contributed by atoms with Crippen LogP contribution in [0.4, 0.5) is 11.4 Å². The van der Waals surface area contributed by atoms with Gasteiger partial charge in [-0.25, -0.2) is 4.99 Å². The predicted octanol–water partition coefficient (Wildman–Crippen LogP) is 3.86. The van der Waals surface area contributed by atoms with Crippen LogP contribution in [-0.2, 0) is 9.59 Å². The number of carbonyl (C=O) groups is 2. The molecule has 0 saturated carbocycles. The van der Waals surface area contributed by atoms with E-state index in [0.717, 1.165) is 28.1 Å². The van der Waals surface area contributed by atoms with Crippen molar-refractivity contribution < 1.29 is 9.59 Å². The number of anilines is 1. The number of hydrogen-bond donors (Lipinski definition) is 2. The molecule has 134 valence electrons. The number of nitrogens with zero attached hydrogens (tertiary/aromatic N) is 1. The average Bonchev–Trinajstić information content (AvgIpc) is 2.92. The molecule has 2 aromatic carbocycles. The Morgan fingerprint density at radius 1 is 1.12 bits per heavy atom. The standard InChI is InChI=1S/C20H21N3O2S/c1-12-5-8-15(9-6-12)21-18(24)11-17-19(25)23-20(26-17)22-16-10-13(2)4-7-14(16)3/h4-10,17H,11H2,1-3H3,(H,21,24)(H,22,23,25)/t17-/m0/s1. The first kappa shape index (κ1) is 18.2. The van der Waals surface area contributed by atoms with E-state index in [4.69, 9.17) is 0 Å². The number of aryl methyl sites for hydroxylation is 3. The molecule has 1 saturated heterocycles. The van der Waals surface area contributed by atoms with Crippen LogP contribution in [0.25, 0.3) is 0 Å². The lowest BCUT2D eigenvalue weighted by Gasteiger charge is -2.07. The van der Waals surface area contributed by atoms with Gasteiger partial charge < -0.3 is 10.6 Å². The van der Waals surface area contributed by atoms with Crippen LogP contribution in [-0.4, -0.2) is 22.2 Å². The Bertz CT molecular complexity index is 875. The van der Waals surface area contributed by atoms with Gasteiger partial charge in [0, 0.05) is 12.1 Å². The van der Waals surface area contributed by atoms with Crippen LogP contribution in [0.1, 0.15) is 23.1 Å². The molecule has 2 N–H and O–H groups in total. The normalized spacial score (nSPS) is 18.0. The molecule has 1 aliphatic heterocycles. The highest BCUT2D eigenvalue weighted by molar-refractivity contribution is 8.15. The number of aliphatic imine (C=N–C) groups is 1. The number of amides is 2. The Hall–Kier alpha value is -2.60. The van der Waals surface area contributed by atoms with E-state index in [1.807, 2.05) is 63.2 Å². The molecule has 0 unspecified atom stereocenters. The van der Waals surface area contributed by atoms with Crippen molar-refractivity contribution in [3.8, 4) is 0 Å². The van der Waals surface area contributed by atoms with Crippen molar-refractivity contribution in [3.63, 3.8) is 0 Å². The maximum atomic E-state index is 12.2. The van der Waals surface area contributed by atoms with Crippen molar-refractivity contribution >= 4 is 40.1 Å². The molecule has 0 aromatic heterocycles. The Morgan fingerprint density at radius 2 is 1.81 bits per heavy atom. The third-order valence-electron chi connectivity index (χ3n) is 4.07. The maximum Gasteiger partial charge on any atom is 0.240 e. The summed E-state index contributed by atoms with van der Waals surface area (Å²) in [5.74, 6) is -0.368. The zero-order valence-corrected chi connectivity index (χ0v) is 15.8. The summed E-state index contributed by atoms with van der Waals surface area (Å²) in [5.41, 5.74) is 4.84. The maximum absolute atomic E-state index is 12.2. The van der Waals surface area contributed by atoms with Crippen LogP contribution in [0.3, 0.4) is 0 Å². The summed E-state index contributed by atoms with van der Waals surface area (Å²) in [7, 11) is 0. The molecule has 26 heavy (non-hydrogen) atoms. The summed E-state index contributed by atoms with van der Waals surface area (Å²) in [6.07, 6.45) is 0.107. The van der Waals surface area contributed by atoms with Crippen molar-refractivity contribution in [1.29, 1.82) is 0 Å². The molecule has 0 bridgehead atoms. The molecule has 0 aliphatic carbocycles. The van der Waals surface area contributed by atoms with Gasteiger partial charge >= 0.3 is 0 Å². The van der Waals surface area contributed by atoms with Crippen LogP contribution in [0.15, 0.2) is 47.5 Å². The van der Waals surface area contributed by atoms with Gasteiger partial charge in [0.1, 0.15) is 5.25 Å². The number of amidine groups is 1. The first-order valence-electron chi connectivity index (χ1n) is 8.41. The number of thioether (sulfide) groups is 1. The van der Waals surface area contributed by atoms with Gasteiger partial charge in [-0.15, -0.1) is 0 Å². The minimum absolute atomic E-state index is 0.107. The van der Waals surface area contributed by atoms with Gasteiger partial charge in [-0.2, -0.15) is 0 Å². The van der Waals surface area contributed by atoms with Gasteiger partial charge in [0.15, 0.2) is 5.17 Å². The molecule has 1 fully saturated rings. The fourth-order valence-electron chi connectivity index (χ4n) is 2.56. The minimum Gasteiger partial charge on any atom is -0.326 e. The molecule has 6 heteroatoms. The van der Waals surface area contributed by atoms with Crippen LogP contribution in [0.5, 0.6) is 0 Å². The highest BCUT2D eigenvalue weighted by Gasteiger charge is 2.32. The number of benzene rings is 2. The van der Waals surface area contributed by atoms with Crippen LogP contribution in [0.2, 0.25) is 0 Å². The Balaban J connectivity index is 1.64. The molecule has 3 rings (SSSR count). The van der Waals surface area contributed by atoms with Gasteiger partial charge in [-0.05, 0) is 50.1 Å². The Labute approximate surface area is 157 Å². The lowest BCUT2D eigenvalue weighted by molar-refractivity contribution is -0.122. The second-order valence-electron chi connectivity index (χ2n) is 6.42.